The molecule has 0 amide bonds. The van der Waals surface area contributed by atoms with Crippen molar-refractivity contribution in [2.45, 2.75) is 25.8 Å². The van der Waals surface area contributed by atoms with E-state index in [4.69, 9.17) is 10.4 Å². The van der Waals surface area contributed by atoms with E-state index in [1.807, 2.05) is 6.92 Å². The maximum atomic E-state index is 8.49. The first-order valence-electron chi connectivity index (χ1n) is 3.59. The lowest BCUT2D eigenvalue weighted by Crippen LogP contribution is -2.29. The molecule has 0 aromatic heterocycles. The lowest BCUT2D eigenvalue weighted by Gasteiger charge is -2.07. The quantitative estimate of drug-likeness (QED) is 0.579. The van der Waals surface area contributed by atoms with E-state index in [0.717, 1.165) is 12.8 Å². The van der Waals surface area contributed by atoms with Crippen LogP contribution in [0.4, 0.5) is 0 Å². The second-order valence-corrected chi connectivity index (χ2v) is 2.15. The van der Waals surface area contributed by atoms with Gasteiger partial charge in [-0.3, -0.25) is 5.32 Å². The number of aliphatic hydroxyl groups excluding tert-OH is 1. The summed E-state index contributed by atoms with van der Waals surface area (Å²) in [5.74, 6) is 0. The van der Waals surface area contributed by atoms with Crippen LogP contribution in [0.1, 0.15) is 19.8 Å². The van der Waals surface area contributed by atoms with Crippen molar-refractivity contribution in [2.75, 3.05) is 13.2 Å². The van der Waals surface area contributed by atoms with Crippen molar-refractivity contribution < 1.29 is 5.11 Å². The van der Waals surface area contributed by atoms with Gasteiger partial charge in [0.25, 0.3) is 0 Å². The normalized spacial score (nSPS) is 12.5. The number of hydrogen-bond donors (Lipinski definition) is 2. The molecule has 0 fully saturated rings. The fraction of sp³-hybridized carbons (Fsp3) is 0.857. The molecule has 0 aliphatic rings. The van der Waals surface area contributed by atoms with Gasteiger partial charge in [-0.2, -0.15) is 5.26 Å². The number of nitriles is 1. The van der Waals surface area contributed by atoms with E-state index in [9.17, 15) is 0 Å². The predicted octanol–water partition coefficient (Wildman–Crippen LogP) is 0.261. The summed E-state index contributed by atoms with van der Waals surface area (Å²) < 4.78 is 0. The minimum atomic E-state index is -0.0860. The average Bonchev–Trinajstić information content (AvgIpc) is 1.98. The highest BCUT2D eigenvalue weighted by Crippen LogP contribution is 1.93. The fourth-order valence-corrected chi connectivity index (χ4v) is 0.740. The van der Waals surface area contributed by atoms with Crippen LogP contribution in [-0.2, 0) is 0 Å². The Morgan fingerprint density at radius 1 is 1.70 bits per heavy atom. The highest BCUT2D eigenvalue weighted by Gasteiger charge is 2.01. The van der Waals surface area contributed by atoms with Gasteiger partial charge in [-0.25, -0.2) is 0 Å². The van der Waals surface area contributed by atoms with Crippen molar-refractivity contribution in [3.63, 3.8) is 0 Å². The Hall–Kier alpha value is -0.590. The van der Waals surface area contributed by atoms with Crippen molar-refractivity contribution in [3.8, 4) is 6.07 Å². The van der Waals surface area contributed by atoms with Crippen molar-refractivity contribution in [2.24, 2.45) is 0 Å². The van der Waals surface area contributed by atoms with Crippen LogP contribution < -0.4 is 5.32 Å². The van der Waals surface area contributed by atoms with Crippen LogP contribution in [0.5, 0.6) is 0 Å². The Morgan fingerprint density at radius 2 is 2.40 bits per heavy atom. The van der Waals surface area contributed by atoms with Crippen molar-refractivity contribution in [1.82, 2.24) is 5.32 Å². The third-order valence-corrected chi connectivity index (χ3v) is 1.24. The summed E-state index contributed by atoms with van der Waals surface area (Å²) in [5.41, 5.74) is 0. The van der Waals surface area contributed by atoms with Crippen LogP contribution in [0.25, 0.3) is 0 Å². The van der Waals surface area contributed by atoms with Crippen molar-refractivity contribution in [1.29, 1.82) is 5.26 Å². The molecular weight excluding hydrogens is 128 g/mol. The summed E-state index contributed by atoms with van der Waals surface area (Å²) in [5, 5.41) is 19.8. The third-order valence-electron chi connectivity index (χ3n) is 1.24. The van der Waals surface area contributed by atoms with Crippen molar-refractivity contribution >= 4 is 0 Å². The number of aliphatic hydroxyl groups is 1. The van der Waals surface area contributed by atoms with Gasteiger partial charge in [0.1, 0.15) is 0 Å². The number of nitrogens with zero attached hydrogens (tertiary/aromatic N) is 1. The molecule has 0 rings (SSSR count). The Morgan fingerprint density at radius 3 is 2.80 bits per heavy atom. The number of nitrogens with one attached hydrogen (secondary N) is 1. The summed E-state index contributed by atoms with van der Waals surface area (Å²) in [7, 11) is 0. The molecule has 58 valence electrons. The van der Waals surface area contributed by atoms with Crippen LogP contribution >= 0.6 is 0 Å². The van der Waals surface area contributed by atoms with Gasteiger partial charge in [0.15, 0.2) is 0 Å². The number of rotatable bonds is 5. The molecule has 0 saturated carbocycles. The van der Waals surface area contributed by atoms with Gasteiger partial charge in [-0.15, -0.1) is 0 Å². The maximum absolute atomic E-state index is 8.49. The molecule has 0 aliphatic heterocycles. The molecule has 1 atom stereocenters. The minimum Gasteiger partial charge on any atom is -0.395 e. The highest BCUT2D eigenvalue weighted by molar-refractivity contribution is 4.88. The molecule has 0 bridgehead atoms. The van der Waals surface area contributed by atoms with E-state index in [1.165, 1.54) is 0 Å². The molecule has 0 spiro atoms. The second-order valence-electron chi connectivity index (χ2n) is 2.15. The summed E-state index contributed by atoms with van der Waals surface area (Å²) in [6.07, 6.45) is 1.85. The van der Waals surface area contributed by atoms with E-state index in [0.29, 0.717) is 6.54 Å². The zero-order valence-corrected chi connectivity index (χ0v) is 6.30. The zero-order valence-electron chi connectivity index (χ0n) is 6.30. The summed E-state index contributed by atoms with van der Waals surface area (Å²) in [4.78, 5) is 0. The van der Waals surface area contributed by atoms with Gasteiger partial charge < -0.3 is 5.11 Å². The van der Waals surface area contributed by atoms with E-state index in [1.54, 1.807) is 0 Å². The first-order valence-corrected chi connectivity index (χ1v) is 3.59. The molecule has 0 aliphatic carbocycles. The molecule has 0 aromatic carbocycles. The monoisotopic (exact) mass is 142 g/mol. The smallest absolute Gasteiger partial charge is 0.0953 e. The van der Waals surface area contributed by atoms with Gasteiger partial charge in [-0.05, 0) is 6.42 Å². The Balaban J connectivity index is 3.33. The largest absolute Gasteiger partial charge is 0.395 e. The molecule has 0 aromatic rings. The summed E-state index contributed by atoms with van der Waals surface area (Å²) >= 11 is 0. The lowest BCUT2D eigenvalue weighted by atomic mass is 10.2. The lowest BCUT2D eigenvalue weighted by molar-refractivity contribution is 0.287. The second kappa shape index (κ2) is 6.53. The molecule has 0 heterocycles. The van der Waals surface area contributed by atoms with Crippen LogP contribution in [0.2, 0.25) is 0 Å². The van der Waals surface area contributed by atoms with E-state index in [-0.39, 0.29) is 12.6 Å². The van der Waals surface area contributed by atoms with E-state index >= 15 is 0 Å². The fourth-order valence-electron chi connectivity index (χ4n) is 0.740. The van der Waals surface area contributed by atoms with Crippen molar-refractivity contribution in [3.05, 3.63) is 0 Å². The topological polar surface area (TPSA) is 56.0 Å². The predicted molar refractivity (Wildman–Crippen MR) is 39.4 cm³/mol. The maximum Gasteiger partial charge on any atom is 0.0953 e. The molecule has 10 heavy (non-hydrogen) atoms. The summed E-state index contributed by atoms with van der Waals surface area (Å²) in [6.45, 7) is 2.64. The van der Waals surface area contributed by atoms with Gasteiger partial charge in [0.2, 0.25) is 0 Å². The van der Waals surface area contributed by atoms with Crippen LogP contribution in [-0.4, -0.2) is 24.3 Å². The minimum absolute atomic E-state index is 0.0860. The standard InChI is InChI=1S/C7H14N2O/c1-2-3-7(6-8)9-4-5-10/h7,9-10H,2-5H2,1H3. The first-order chi connectivity index (χ1) is 4.85. The van der Waals surface area contributed by atoms with Gasteiger partial charge in [0.05, 0.1) is 18.7 Å². The number of hydrogen-bond acceptors (Lipinski definition) is 3. The molecule has 0 radical (unpaired) electrons. The first kappa shape index (κ1) is 9.41. The Bertz CT molecular complexity index is 109. The molecule has 3 heteroatoms. The van der Waals surface area contributed by atoms with Gasteiger partial charge >= 0.3 is 0 Å². The summed E-state index contributed by atoms with van der Waals surface area (Å²) in [6, 6.07) is 2.03. The molecule has 0 saturated heterocycles. The van der Waals surface area contributed by atoms with Gasteiger partial charge in [-0.1, -0.05) is 13.3 Å². The zero-order chi connectivity index (χ0) is 7.82. The van der Waals surface area contributed by atoms with Crippen LogP contribution in [0.3, 0.4) is 0 Å². The Labute approximate surface area is 61.7 Å². The van der Waals surface area contributed by atoms with Gasteiger partial charge in [0, 0.05) is 6.54 Å². The highest BCUT2D eigenvalue weighted by atomic mass is 16.3. The Kier molecular flexibility index (Phi) is 6.14. The van der Waals surface area contributed by atoms with E-state index < -0.39 is 0 Å². The molecule has 2 N–H and O–H groups in total. The third kappa shape index (κ3) is 4.30. The molecule has 3 nitrogen and oxygen atoms in total. The SMILES string of the molecule is CCCC(C#N)NCCO. The average molecular weight is 142 g/mol. The molecule has 1 unspecified atom stereocenters. The van der Waals surface area contributed by atoms with Crippen LogP contribution in [0.15, 0.2) is 0 Å². The molecular formula is C7H14N2O. The van der Waals surface area contributed by atoms with Crippen LogP contribution in [0, 0.1) is 11.3 Å². The van der Waals surface area contributed by atoms with E-state index in [2.05, 4.69) is 11.4 Å².